The standard InChI is InChI=1S/C16H22N4O2/c1-11(21)20-14(16(22)17-2)7-13-9-19(10-15(13)20)8-12-3-5-18-6-4-12/h3-6,13-15H,7-10H2,1-2H3,(H,17,22)/t13-,14-,15+/m0/s1. The smallest absolute Gasteiger partial charge is 0.242 e. The van der Waals surface area contributed by atoms with E-state index in [4.69, 9.17) is 0 Å². The number of likely N-dealkylation sites (N-methyl/N-ethyl adjacent to an activating group) is 1. The molecular weight excluding hydrogens is 280 g/mol. The van der Waals surface area contributed by atoms with Crippen LogP contribution in [-0.2, 0) is 16.1 Å². The highest BCUT2D eigenvalue weighted by molar-refractivity contribution is 5.87. The van der Waals surface area contributed by atoms with E-state index in [-0.39, 0.29) is 23.9 Å². The fourth-order valence-electron chi connectivity index (χ4n) is 3.85. The van der Waals surface area contributed by atoms with Gasteiger partial charge in [0.1, 0.15) is 6.04 Å². The number of nitrogens with one attached hydrogen (secondary N) is 1. The zero-order valence-corrected chi connectivity index (χ0v) is 13.0. The summed E-state index contributed by atoms with van der Waals surface area (Å²) in [5.41, 5.74) is 1.23. The number of likely N-dealkylation sites (tertiary alicyclic amines) is 2. The molecule has 0 spiro atoms. The molecule has 1 aromatic heterocycles. The number of hydrogen-bond donors (Lipinski definition) is 1. The van der Waals surface area contributed by atoms with Crippen LogP contribution in [0.25, 0.3) is 0 Å². The van der Waals surface area contributed by atoms with Crippen molar-refractivity contribution in [3.05, 3.63) is 30.1 Å². The molecular formula is C16H22N4O2. The summed E-state index contributed by atoms with van der Waals surface area (Å²) in [7, 11) is 1.63. The zero-order chi connectivity index (χ0) is 15.7. The predicted octanol–water partition coefficient (Wildman–Crippen LogP) is 0.249. The lowest BCUT2D eigenvalue weighted by atomic mass is 10.0. The van der Waals surface area contributed by atoms with Crippen molar-refractivity contribution < 1.29 is 9.59 Å². The Morgan fingerprint density at radius 3 is 2.68 bits per heavy atom. The van der Waals surface area contributed by atoms with Gasteiger partial charge in [-0.3, -0.25) is 19.5 Å². The molecule has 118 valence electrons. The molecule has 0 aliphatic carbocycles. The van der Waals surface area contributed by atoms with Crippen molar-refractivity contribution in [2.75, 3.05) is 20.1 Å². The Labute approximate surface area is 130 Å². The first-order valence-electron chi connectivity index (χ1n) is 7.72. The minimum Gasteiger partial charge on any atom is -0.357 e. The van der Waals surface area contributed by atoms with Crippen molar-refractivity contribution in [2.24, 2.45) is 5.92 Å². The molecule has 2 amide bonds. The summed E-state index contributed by atoms with van der Waals surface area (Å²) in [6.45, 7) is 4.19. The first-order chi connectivity index (χ1) is 10.6. The van der Waals surface area contributed by atoms with Gasteiger partial charge in [-0.1, -0.05) is 0 Å². The van der Waals surface area contributed by atoms with Gasteiger partial charge < -0.3 is 10.2 Å². The van der Waals surface area contributed by atoms with Crippen LogP contribution in [0.5, 0.6) is 0 Å². The summed E-state index contributed by atoms with van der Waals surface area (Å²) in [4.78, 5) is 32.2. The van der Waals surface area contributed by atoms with Gasteiger partial charge >= 0.3 is 0 Å². The second-order valence-corrected chi connectivity index (χ2v) is 6.17. The Morgan fingerprint density at radius 2 is 2.05 bits per heavy atom. The lowest BCUT2D eigenvalue weighted by molar-refractivity contribution is -0.138. The molecule has 2 fully saturated rings. The van der Waals surface area contributed by atoms with Gasteiger partial charge in [0.25, 0.3) is 0 Å². The van der Waals surface area contributed by atoms with E-state index in [1.54, 1.807) is 31.3 Å². The molecule has 1 N–H and O–H groups in total. The van der Waals surface area contributed by atoms with Crippen molar-refractivity contribution >= 4 is 11.8 Å². The molecule has 3 atom stereocenters. The number of fused-ring (bicyclic) bond motifs is 1. The quantitative estimate of drug-likeness (QED) is 0.869. The molecule has 0 saturated carbocycles. The SMILES string of the molecule is CNC(=O)[C@@H]1C[C@H]2CN(Cc3ccncc3)C[C@H]2N1C(C)=O. The maximum Gasteiger partial charge on any atom is 0.242 e. The van der Waals surface area contributed by atoms with E-state index in [1.807, 2.05) is 12.1 Å². The Hall–Kier alpha value is -1.95. The minimum atomic E-state index is -0.305. The van der Waals surface area contributed by atoms with E-state index < -0.39 is 0 Å². The molecule has 1 aromatic rings. The van der Waals surface area contributed by atoms with Crippen LogP contribution in [0, 0.1) is 5.92 Å². The molecule has 0 radical (unpaired) electrons. The Balaban J connectivity index is 1.70. The van der Waals surface area contributed by atoms with E-state index >= 15 is 0 Å². The normalized spacial score (nSPS) is 27.7. The van der Waals surface area contributed by atoms with Gasteiger partial charge in [-0.25, -0.2) is 0 Å². The summed E-state index contributed by atoms with van der Waals surface area (Å²) in [5, 5.41) is 2.68. The number of pyridine rings is 1. The highest BCUT2D eigenvalue weighted by Gasteiger charge is 2.49. The highest BCUT2D eigenvalue weighted by atomic mass is 16.2. The average molecular weight is 302 g/mol. The van der Waals surface area contributed by atoms with Gasteiger partial charge in [-0.05, 0) is 30.0 Å². The van der Waals surface area contributed by atoms with Crippen LogP contribution in [0.4, 0.5) is 0 Å². The van der Waals surface area contributed by atoms with Crippen LogP contribution in [-0.4, -0.2) is 58.8 Å². The van der Waals surface area contributed by atoms with Gasteiger partial charge in [0.15, 0.2) is 0 Å². The minimum absolute atomic E-state index is 0.00754. The summed E-state index contributed by atoms with van der Waals surface area (Å²) in [6.07, 6.45) is 4.36. The largest absolute Gasteiger partial charge is 0.357 e. The first-order valence-corrected chi connectivity index (χ1v) is 7.72. The van der Waals surface area contributed by atoms with Crippen LogP contribution in [0.1, 0.15) is 18.9 Å². The number of carbonyl (C=O) groups is 2. The second kappa shape index (κ2) is 6.04. The van der Waals surface area contributed by atoms with E-state index in [9.17, 15) is 9.59 Å². The third-order valence-corrected chi connectivity index (χ3v) is 4.77. The van der Waals surface area contributed by atoms with Gasteiger partial charge in [-0.2, -0.15) is 0 Å². The van der Waals surface area contributed by atoms with Crippen molar-refractivity contribution in [1.82, 2.24) is 20.1 Å². The van der Waals surface area contributed by atoms with E-state index in [0.717, 1.165) is 26.1 Å². The van der Waals surface area contributed by atoms with Crippen molar-refractivity contribution in [1.29, 1.82) is 0 Å². The topological polar surface area (TPSA) is 65.5 Å². The summed E-state index contributed by atoms with van der Waals surface area (Å²) < 4.78 is 0. The third kappa shape index (κ3) is 2.70. The molecule has 0 aromatic carbocycles. The first kappa shape index (κ1) is 15.0. The summed E-state index contributed by atoms with van der Waals surface area (Å²) in [5.74, 6) is 0.324. The van der Waals surface area contributed by atoms with Crippen LogP contribution in [0.2, 0.25) is 0 Å². The molecule has 22 heavy (non-hydrogen) atoms. The molecule has 3 rings (SSSR count). The third-order valence-electron chi connectivity index (χ3n) is 4.77. The average Bonchev–Trinajstić information content (AvgIpc) is 3.03. The molecule has 2 aliphatic rings. The summed E-state index contributed by atoms with van der Waals surface area (Å²) >= 11 is 0. The van der Waals surface area contributed by atoms with Crippen LogP contribution in [0.15, 0.2) is 24.5 Å². The van der Waals surface area contributed by atoms with Gasteiger partial charge in [0, 0.05) is 52.0 Å². The molecule has 2 saturated heterocycles. The van der Waals surface area contributed by atoms with E-state index in [1.165, 1.54) is 5.56 Å². The van der Waals surface area contributed by atoms with Crippen LogP contribution < -0.4 is 5.32 Å². The summed E-state index contributed by atoms with van der Waals surface area (Å²) in [6, 6.07) is 3.89. The fraction of sp³-hybridized carbons (Fsp3) is 0.562. The lowest BCUT2D eigenvalue weighted by Crippen LogP contribution is -2.49. The van der Waals surface area contributed by atoms with E-state index in [0.29, 0.717) is 5.92 Å². The Morgan fingerprint density at radius 1 is 1.32 bits per heavy atom. The Kier molecular flexibility index (Phi) is 4.11. The number of carbonyl (C=O) groups excluding carboxylic acids is 2. The van der Waals surface area contributed by atoms with E-state index in [2.05, 4.69) is 15.2 Å². The lowest BCUT2D eigenvalue weighted by Gasteiger charge is -2.28. The van der Waals surface area contributed by atoms with Crippen LogP contribution >= 0.6 is 0 Å². The monoisotopic (exact) mass is 302 g/mol. The molecule has 2 aliphatic heterocycles. The molecule has 6 nitrogen and oxygen atoms in total. The number of aromatic nitrogens is 1. The maximum absolute atomic E-state index is 12.0. The maximum atomic E-state index is 12.0. The molecule has 0 bridgehead atoms. The fourth-order valence-corrected chi connectivity index (χ4v) is 3.85. The molecule has 0 unspecified atom stereocenters. The van der Waals surface area contributed by atoms with Gasteiger partial charge in [-0.15, -0.1) is 0 Å². The zero-order valence-electron chi connectivity index (χ0n) is 13.0. The Bertz CT molecular complexity index is 563. The van der Waals surface area contributed by atoms with Crippen molar-refractivity contribution in [2.45, 2.75) is 32.0 Å². The van der Waals surface area contributed by atoms with Crippen molar-refractivity contribution in [3.63, 3.8) is 0 Å². The van der Waals surface area contributed by atoms with Gasteiger partial charge in [0.05, 0.1) is 0 Å². The molecule has 3 heterocycles. The van der Waals surface area contributed by atoms with Crippen molar-refractivity contribution in [3.8, 4) is 0 Å². The number of nitrogens with zero attached hydrogens (tertiary/aromatic N) is 3. The van der Waals surface area contributed by atoms with Gasteiger partial charge in [0.2, 0.25) is 11.8 Å². The number of rotatable bonds is 3. The number of amides is 2. The second-order valence-electron chi connectivity index (χ2n) is 6.17. The predicted molar refractivity (Wildman–Crippen MR) is 81.8 cm³/mol. The number of hydrogen-bond acceptors (Lipinski definition) is 4. The highest BCUT2D eigenvalue weighted by Crippen LogP contribution is 2.36. The molecule has 6 heteroatoms. The van der Waals surface area contributed by atoms with Crippen LogP contribution in [0.3, 0.4) is 0 Å².